The van der Waals surface area contributed by atoms with Crippen LogP contribution in [-0.2, 0) is 33.5 Å². The third kappa shape index (κ3) is 12.5. The summed E-state index contributed by atoms with van der Waals surface area (Å²) in [5.41, 5.74) is 8.42. The van der Waals surface area contributed by atoms with E-state index in [4.69, 9.17) is 10.5 Å². The Morgan fingerprint density at radius 2 is 1.60 bits per heavy atom. The molecular weight excluding hydrogens is 814 g/mol. The van der Waals surface area contributed by atoms with Gasteiger partial charge in [0.15, 0.2) is 5.82 Å². The second-order valence-electron chi connectivity index (χ2n) is 16.5. The van der Waals surface area contributed by atoms with Crippen molar-refractivity contribution in [1.29, 1.82) is 0 Å². The molecule has 1 saturated carbocycles. The molecule has 2 atom stereocenters. The fraction of sp³-hybridized carbons (Fsp3) is 0.417. The van der Waals surface area contributed by atoms with Gasteiger partial charge in [0.2, 0.25) is 11.8 Å². The summed E-state index contributed by atoms with van der Waals surface area (Å²) in [7, 11) is 1.25. The zero-order valence-electron chi connectivity index (χ0n) is 35.6. The number of nitrogens with one attached hydrogen (secondary N) is 2. The smallest absolute Gasteiger partial charge is 0.416 e. The minimum absolute atomic E-state index is 0.00230. The Labute approximate surface area is 365 Å². The Hall–Kier alpha value is -6.09. The van der Waals surface area contributed by atoms with Crippen molar-refractivity contribution in [3.8, 4) is 17.1 Å². The van der Waals surface area contributed by atoms with Gasteiger partial charge in [0, 0.05) is 41.3 Å². The van der Waals surface area contributed by atoms with Crippen molar-refractivity contribution in [2.45, 2.75) is 89.9 Å². The Morgan fingerprint density at radius 3 is 2.19 bits per heavy atom. The summed E-state index contributed by atoms with van der Waals surface area (Å²) in [6.07, 6.45) is 10.8. The van der Waals surface area contributed by atoms with E-state index in [-0.39, 0.29) is 42.1 Å². The average Bonchev–Trinajstić information content (AvgIpc) is 3.29. The zero-order chi connectivity index (χ0) is 45.1. The van der Waals surface area contributed by atoms with Crippen LogP contribution in [0.25, 0.3) is 17.0 Å². The van der Waals surface area contributed by atoms with Crippen LogP contribution in [0.5, 0.6) is 5.75 Å². The van der Waals surface area contributed by atoms with Gasteiger partial charge < -0.3 is 31.1 Å². The predicted octanol–water partition coefficient (Wildman–Crippen LogP) is 8.31. The van der Waals surface area contributed by atoms with Gasteiger partial charge in [-0.1, -0.05) is 62.6 Å². The number of aromatic nitrogens is 2. The third-order valence-corrected chi connectivity index (χ3v) is 12.3. The van der Waals surface area contributed by atoms with Crippen molar-refractivity contribution in [2.75, 3.05) is 25.5 Å². The summed E-state index contributed by atoms with van der Waals surface area (Å²) in [5, 5.41) is 14.6. The first-order chi connectivity index (χ1) is 30.2. The van der Waals surface area contributed by atoms with Gasteiger partial charge in [-0.3, -0.25) is 14.4 Å². The van der Waals surface area contributed by atoms with E-state index in [0.717, 1.165) is 47.8 Å². The summed E-state index contributed by atoms with van der Waals surface area (Å²) in [6.45, 7) is 1.80. The number of nitrogens with two attached hydrogens (primary N) is 1. The van der Waals surface area contributed by atoms with E-state index in [1.54, 1.807) is 12.1 Å². The largest absolute Gasteiger partial charge is 0.497 e. The molecule has 334 valence electrons. The monoisotopic (exact) mass is 868 g/mol. The van der Waals surface area contributed by atoms with Crippen molar-refractivity contribution < 1.29 is 42.2 Å². The second kappa shape index (κ2) is 21.3. The number of rotatable bonds is 17. The first kappa shape index (κ1) is 46.4. The van der Waals surface area contributed by atoms with E-state index in [1.165, 1.54) is 92.5 Å². The number of allylic oxidation sites excluding steroid dienone is 2. The number of aliphatic carboxylic acids is 1. The van der Waals surface area contributed by atoms with E-state index in [9.17, 15) is 37.5 Å². The number of halogens is 3. The number of carboxylic acid groups (broad SMARTS) is 1. The fourth-order valence-electron chi connectivity index (χ4n) is 8.63. The van der Waals surface area contributed by atoms with Gasteiger partial charge in [0.1, 0.15) is 18.3 Å². The Kier molecular flexibility index (Phi) is 15.7. The van der Waals surface area contributed by atoms with Crippen molar-refractivity contribution in [3.63, 3.8) is 0 Å². The van der Waals surface area contributed by atoms with E-state index in [0.29, 0.717) is 11.4 Å². The zero-order valence-corrected chi connectivity index (χ0v) is 35.6. The minimum Gasteiger partial charge on any atom is -0.497 e. The first-order valence-electron chi connectivity index (χ1n) is 21.5. The van der Waals surface area contributed by atoms with Crippen molar-refractivity contribution in [3.05, 3.63) is 113 Å². The highest BCUT2D eigenvalue weighted by Crippen LogP contribution is 2.42. The van der Waals surface area contributed by atoms with Gasteiger partial charge in [0.25, 0.3) is 5.91 Å². The Bertz CT molecular complexity index is 2240. The van der Waals surface area contributed by atoms with E-state index in [1.807, 2.05) is 24.5 Å². The van der Waals surface area contributed by atoms with Gasteiger partial charge in [0.05, 0.1) is 19.1 Å². The summed E-state index contributed by atoms with van der Waals surface area (Å²) in [5.74, 6) is -0.240. The van der Waals surface area contributed by atoms with Gasteiger partial charge >= 0.3 is 12.1 Å². The van der Waals surface area contributed by atoms with Crippen LogP contribution in [-0.4, -0.2) is 69.9 Å². The average molecular weight is 869 g/mol. The van der Waals surface area contributed by atoms with E-state index < -0.39 is 54.4 Å². The molecule has 0 aliphatic heterocycles. The molecule has 2 aliphatic rings. The number of anilines is 1. The van der Waals surface area contributed by atoms with Gasteiger partial charge in [-0.2, -0.15) is 13.2 Å². The van der Waals surface area contributed by atoms with Crippen molar-refractivity contribution in [1.82, 2.24) is 20.2 Å². The topological polar surface area (TPSA) is 177 Å². The maximum Gasteiger partial charge on any atom is 0.416 e. The lowest BCUT2D eigenvalue weighted by Crippen LogP contribution is -2.47. The fourth-order valence-corrected chi connectivity index (χ4v) is 8.63. The molecule has 0 bridgehead atoms. The number of carbonyl (C=O) groups is 4. The number of benzene rings is 3. The molecular formula is C48H55F3N6O6. The molecule has 1 fully saturated rings. The predicted molar refractivity (Wildman–Crippen MR) is 233 cm³/mol. The Morgan fingerprint density at radius 1 is 0.905 bits per heavy atom. The minimum atomic E-state index is -4.71. The number of carboxylic acids is 1. The van der Waals surface area contributed by atoms with Crippen LogP contribution in [0.15, 0.2) is 85.2 Å². The van der Waals surface area contributed by atoms with Gasteiger partial charge in [-0.25, -0.2) is 14.8 Å². The lowest BCUT2D eigenvalue weighted by atomic mass is 9.71. The number of ether oxygens (including phenoxy) is 1. The molecule has 3 amide bonds. The van der Waals surface area contributed by atoms with Crippen LogP contribution in [0.4, 0.5) is 18.9 Å². The number of methoxy groups -OCH3 is 1. The SMILES string of the molecule is CC[C@H]1CC[C@H](C2CC=C(c3cnc(-c4ccc(CN(CC(=O)N[C@@H](CCN)C(=O)O)C(=O)c5ccc(NC(=O)Cc6ccc(OC)cc6C(F)(F)F)cc5)cc4)nc3)CC2)CC1. The number of carbonyl (C=O) groups excluding carboxylic acids is 3. The molecule has 1 unspecified atom stereocenters. The summed E-state index contributed by atoms with van der Waals surface area (Å²) >= 11 is 0. The lowest BCUT2D eigenvalue weighted by molar-refractivity contribution is -0.142. The maximum absolute atomic E-state index is 13.9. The molecule has 15 heteroatoms. The Balaban J connectivity index is 1.11. The molecule has 6 rings (SSSR count). The highest BCUT2D eigenvalue weighted by molar-refractivity contribution is 5.98. The number of alkyl halides is 3. The normalized spacial score (nSPS) is 18.1. The molecule has 0 spiro atoms. The maximum atomic E-state index is 13.9. The molecule has 1 aromatic heterocycles. The lowest BCUT2D eigenvalue weighted by Gasteiger charge is -2.35. The molecule has 2 aliphatic carbocycles. The van der Waals surface area contributed by atoms with Gasteiger partial charge in [-0.05, 0) is 116 Å². The number of nitrogens with zero attached hydrogens (tertiary/aromatic N) is 3. The molecule has 3 aromatic carbocycles. The molecule has 1 heterocycles. The number of hydrogen-bond donors (Lipinski definition) is 4. The van der Waals surface area contributed by atoms with Gasteiger partial charge in [-0.15, -0.1) is 0 Å². The van der Waals surface area contributed by atoms with E-state index >= 15 is 0 Å². The second-order valence-corrected chi connectivity index (χ2v) is 16.5. The molecule has 0 radical (unpaired) electrons. The highest BCUT2D eigenvalue weighted by Gasteiger charge is 2.34. The summed E-state index contributed by atoms with van der Waals surface area (Å²) in [6, 6.07) is 15.0. The van der Waals surface area contributed by atoms with Crippen LogP contribution in [0.2, 0.25) is 0 Å². The van der Waals surface area contributed by atoms with Crippen LogP contribution in [0.3, 0.4) is 0 Å². The van der Waals surface area contributed by atoms with Crippen molar-refractivity contribution in [2.24, 2.45) is 23.5 Å². The number of amides is 3. The highest BCUT2D eigenvalue weighted by atomic mass is 19.4. The standard InChI is InChI=1S/C48H55F3N6O6/c1-3-30-4-8-32(9-5-30)33-12-14-34(15-13-33)38-26-53-45(54-27-38)35-10-6-31(7-11-35)28-57(29-44(59)56-42(22-23-52)47(61)62)46(60)36-16-19-39(20-17-36)55-43(58)24-37-18-21-40(63-2)25-41(37)48(49,50)51/h6-7,10-11,14,16-21,25-27,30,32-33,42H,3-5,8-9,12-13,15,22-24,28-29,52H2,1-2H3,(H,55,58)(H,56,59)(H,61,62)/t30-,32-,33?,42-/m0/s1. The first-order valence-corrected chi connectivity index (χ1v) is 21.5. The van der Waals surface area contributed by atoms with Crippen molar-refractivity contribution >= 4 is 35.0 Å². The molecule has 12 nitrogen and oxygen atoms in total. The van der Waals surface area contributed by atoms with Crippen LogP contribution < -0.4 is 21.1 Å². The van der Waals surface area contributed by atoms with Crippen LogP contribution in [0.1, 0.15) is 97.3 Å². The molecule has 4 aromatic rings. The van der Waals surface area contributed by atoms with Crippen LogP contribution >= 0.6 is 0 Å². The third-order valence-electron chi connectivity index (χ3n) is 12.3. The number of hydrogen-bond acceptors (Lipinski definition) is 8. The van der Waals surface area contributed by atoms with Crippen LogP contribution in [0, 0.1) is 17.8 Å². The molecule has 63 heavy (non-hydrogen) atoms. The summed E-state index contributed by atoms with van der Waals surface area (Å²) in [4.78, 5) is 62.2. The molecule has 5 N–H and O–H groups in total. The quantitative estimate of drug-likeness (QED) is 0.0813. The molecule has 0 saturated heterocycles. The summed E-state index contributed by atoms with van der Waals surface area (Å²) < 4.78 is 46.0. The van der Waals surface area contributed by atoms with E-state index in [2.05, 4.69) is 33.6 Å².